The Labute approximate surface area is 146 Å². The number of esters is 1. The first-order valence-electron chi connectivity index (χ1n) is 8.04. The molecular weight excluding hydrogens is 316 g/mol. The number of carbonyl (C=O) groups is 2. The third-order valence-corrected chi connectivity index (χ3v) is 4.17. The molecule has 1 aliphatic rings. The van der Waals surface area contributed by atoms with Crippen molar-refractivity contribution in [2.24, 2.45) is 0 Å². The third-order valence-electron chi connectivity index (χ3n) is 4.17. The van der Waals surface area contributed by atoms with Gasteiger partial charge in [0.25, 0.3) is 0 Å². The first-order chi connectivity index (χ1) is 12.1. The minimum absolute atomic E-state index is 0.208. The number of ether oxygens (including phenoxy) is 1. The summed E-state index contributed by atoms with van der Waals surface area (Å²) >= 11 is 0. The Morgan fingerprint density at radius 2 is 1.92 bits per heavy atom. The Kier molecular flexibility index (Phi) is 4.80. The van der Waals surface area contributed by atoms with Gasteiger partial charge in [0.1, 0.15) is 6.10 Å². The molecule has 0 radical (unpaired) electrons. The summed E-state index contributed by atoms with van der Waals surface area (Å²) in [5.74, 6) is -1.63. The Hall–Kier alpha value is -3.14. The highest BCUT2D eigenvalue weighted by atomic mass is 16.5. The molecule has 0 unspecified atom stereocenters. The fourth-order valence-electron chi connectivity index (χ4n) is 3.02. The zero-order valence-corrected chi connectivity index (χ0v) is 13.8. The number of cyclic esters (lactones) is 1. The van der Waals surface area contributed by atoms with Gasteiger partial charge in [-0.05, 0) is 41.8 Å². The van der Waals surface area contributed by atoms with Crippen molar-refractivity contribution in [3.8, 4) is 11.1 Å². The number of aromatic carboxylic acids is 1. The summed E-state index contributed by atoms with van der Waals surface area (Å²) in [6.45, 7) is 1.86. The van der Waals surface area contributed by atoms with Gasteiger partial charge in [0.2, 0.25) is 0 Å². The van der Waals surface area contributed by atoms with E-state index in [1.807, 2.05) is 55.5 Å². The minimum Gasteiger partial charge on any atom is -0.478 e. The standard InChI is InChI=1S/C21H18O4/c1-2-6-19-17(11-12-20(22)25-19)18-13-15(21(23)24)9-10-16(18)14-7-4-3-5-8-14/h2-13,17,19H,1H3,(H,23,24)/b6-2+/t17-,19-/m0/s1. The normalized spacial score (nSPS) is 19.8. The van der Waals surface area contributed by atoms with E-state index in [1.54, 1.807) is 18.2 Å². The van der Waals surface area contributed by atoms with Crippen LogP contribution in [0.3, 0.4) is 0 Å². The van der Waals surface area contributed by atoms with Crippen LogP contribution >= 0.6 is 0 Å². The van der Waals surface area contributed by atoms with Gasteiger partial charge in [-0.25, -0.2) is 9.59 Å². The zero-order chi connectivity index (χ0) is 17.8. The van der Waals surface area contributed by atoms with E-state index in [1.165, 1.54) is 6.08 Å². The zero-order valence-electron chi connectivity index (χ0n) is 13.8. The van der Waals surface area contributed by atoms with Crippen LogP contribution in [-0.4, -0.2) is 23.1 Å². The molecule has 1 N–H and O–H groups in total. The van der Waals surface area contributed by atoms with Crippen LogP contribution in [0.2, 0.25) is 0 Å². The van der Waals surface area contributed by atoms with Crippen molar-refractivity contribution in [1.29, 1.82) is 0 Å². The summed E-state index contributed by atoms with van der Waals surface area (Å²) in [6.07, 6.45) is 6.35. The molecular formula is C21H18O4. The topological polar surface area (TPSA) is 63.6 Å². The van der Waals surface area contributed by atoms with Crippen LogP contribution in [0.5, 0.6) is 0 Å². The van der Waals surface area contributed by atoms with Gasteiger partial charge < -0.3 is 9.84 Å². The van der Waals surface area contributed by atoms with Crippen LogP contribution in [-0.2, 0) is 9.53 Å². The van der Waals surface area contributed by atoms with E-state index in [9.17, 15) is 14.7 Å². The van der Waals surface area contributed by atoms with Gasteiger partial charge in [-0.1, -0.05) is 48.6 Å². The molecule has 4 nitrogen and oxygen atoms in total. The molecule has 0 aromatic heterocycles. The van der Waals surface area contributed by atoms with Crippen molar-refractivity contribution < 1.29 is 19.4 Å². The average Bonchev–Trinajstić information content (AvgIpc) is 2.62. The number of carboxylic acids is 1. The third kappa shape index (κ3) is 3.53. The van der Waals surface area contributed by atoms with E-state index in [2.05, 4.69) is 0 Å². The van der Waals surface area contributed by atoms with Gasteiger partial charge in [0.15, 0.2) is 0 Å². The summed E-state index contributed by atoms with van der Waals surface area (Å²) in [5.41, 5.74) is 2.93. The molecule has 0 spiro atoms. The largest absolute Gasteiger partial charge is 0.478 e. The summed E-state index contributed by atoms with van der Waals surface area (Å²) in [4.78, 5) is 23.0. The van der Waals surface area contributed by atoms with Crippen LogP contribution in [0, 0.1) is 0 Å². The first kappa shape index (κ1) is 16.7. The lowest BCUT2D eigenvalue weighted by Gasteiger charge is -2.27. The van der Waals surface area contributed by atoms with Gasteiger partial charge in [-0.2, -0.15) is 0 Å². The Morgan fingerprint density at radius 1 is 1.16 bits per heavy atom. The maximum absolute atomic E-state index is 11.6. The number of hydrogen-bond acceptors (Lipinski definition) is 3. The maximum Gasteiger partial charge on any atom is 0.335 e. The van der Waals surface area contributed by atoms with E-state index in [0.717, 1.165) is 16.7 Å². The highest BCUT2D eigenvalue weighted by Crippen LogP contribution is 2.36. The SMILES string of the molecule is C/C=C/[C@@H]1OC(=O)C=C[C@H]1c1cc(C(=O)O)ccc1-c1ccccc1. The molecule has 0 fully saturated rings. The molecule has 4 heteroatoms. The fraction of sp³-hybridized carbons (Fsp3) is 0.143. The Morgan fingerprint density at radius 3 is 2.60 bits per heavy atom. The van der Waals surface area contributed by atoms with Gasteiger partial charge in [0, 0.05) is 12.0 Å². The van der Waals surface area contributed by atoms with Crippen LogP contribution in [0.1, 0.15) is 28.8 Å². The van der Waals surface area contributed by atoms with Gasteiger partial charge in [-0.15, -0.1) is 0 Å². The lowest BCUT2D eigenvalue weighted by atomic mass is 9.84. The smallest absolute Gasteiger partial charge is 0.335 e. The highest BCUT2D eigenvalue weighted by Gasteiger charge is 2.28. The quantitative estimate of drug-likeness (QED) is 0.672. The molecule has 3 rings (SSSR count). The molecule has 0 saturated heterocycles. The molecule has 0 aliphatic carbocycles. The molecule has 1 aliphatic heterocycles. The van der Waals surface area contributed by atoms with Crippen LogP contribution < -0.4 is 0 Å². The van der Waals surface area contributed by atoms with E-state index in [0.29, 0.717) is 0 Å². The minimum atomic E-state index is -0.986. The second-order valence-electron chi connectivity index (χ2n) is 5.79. The van der Waals surface area contributed by atoms with Gasteiger partial charge in [0.05, 0.1) is 5.56 Å². The van der Waals surface area contributed by atoms with Crippen molar-refractivity contribution >= 4 is 11.9 Å². The number of rotatable bonds is 4. The van der Waals surface area contributed by atoms with Crippen molar-refractivity contribution in [3.63, 3.8) is 0 Å². The number of benzene rings is 2. The van der Waals surface area contributed by atoms with Gasteiger partial charge >= 0.3 is 11.9 Å². The second kappa shape index (κ2) is 7.18. The predicted octanol–water partition coefficient (Wildman–Crippen LogP) is 4.19. The highest BCUT2D eigenvalue weighted by molar-refractivity contribution is 5.89. The van der Waals surface area contributed by atoms with Crippen molar-refractivity contribution in [3.05, 3.63) is 84.0 Å². The monoisotopic (exact) mass is 334 g/mol. The Balaban J connectivity index is 2.17. The second-order valence-corrected chi connectivity index (χ2v) is 5.79. The molecule has 2 aromatic carbocycles. The predicted molar refractivity (Wildman–Crippen MR) is 95.4 cm³/mol. The molecule has 126 valence electrons. The van der Waals surface area contributed by atoms with Crippen molar-refractivity contribution in [2.75, 3.05) is 0 Å². The number of carboxylic acid groups (broad SMARTS) is 1. The van der Waals surface area contributed by atoms with E-state index in [4.69, 9.17) is 4.74 Å². The van der Waals surface area contributed by atoms with E-state index in [-0.39, 0.29) is 11.5 Å². The van der Waals surface area contributed by atoms with Crippen molar-refractivity contribution in [2.45, 2.75) is 18.9 Å². The molecule has 0 amide bonds. The molecule has 1 heterocycles. The number of carbonyl (C=O) groups excluding carboxylic acids is 1. The molecule has 2 aromatic rings. The summed E-state index contributed by atoms with van der Waals surface area (Å²) < 4.78 is 5.43. The van der Waals surface area contributed by atoms with E-state index >= 15 is 0 Å². The lowest BCUT2D eigenvalue weighted by Crippen LogP contribution is -2.26. The summed E-state index contributed by atoms with van der Waals surface area (Å²) in [7, 11) is 0. The molecule has 25 heavy (non-hydrogen) atoms. The van der Waals surface area contributed by atoms with Crippen molar-refractivity contribution in [1.82, 2.24) is 0 Å². The van der Waals surface area contributed by atoms with Crippen LogP contribution in [0.25, 0.3) is 11.1 Å². The molecule has 0 bridgehead atoms. The fourth-order valence-corrected chi connectivity index (χ4v) is 3.02. The number of allylic oxidation sites excluding steroid dienone is 1. The first-order valence-corrected chi connectivity index (χ1v) is 8.04. The van der Waals surface area contributed by atoms with Gasteiger partial charge in [-0.3, -0.25) is 0 Å². The van der Waals surface area contributed by atoms with Crippen LogP contribution in [0.15, 0.2) is 72.8 Å². The Bertz CT molecular complexity index is 849. The molecule has 2 atom stereocenters. The average molecular weight is 334 g/mol. The number of hydrogen-bond donors (Lipinski definition) is 1. The lowest BCUT2D eigenvalue weighted by molar-refractivity contribution is -0.142. The summed E-state index contributed by atoms with van der Waals surface area (Å²) in [6, 6.07) is 14.8. The maximum atomic E-state index is 11.6. The molecule has 0 saturated carbocycles. The summed E-state index contributed by atoms with van der Waals surface area (Å²) in [5, 5.41) is 9.36. The van der Waals surface area contributed by atoms with Crippen LogP contribution in [0.4, 0.5) is 0 Å². The van der Waals surface area contributed by atoms with E-state index < -0.39 is 18.0 Å².